The lowest BCUT2D eigenvalue weighted by Crippen LogP contribution is -2.30. The quantitative estimate of drug-likeness (QED) is 0.758. The van der Waals surface area contributed by atoms with Crippen molar-refractivity contribution in [3.05, 3.63) is 18.2 Å². The molecule has 0 saturated heterocycles. The predicted octanol–water partition coefficient (Wildman–Crippen LogP) is 3.55. The Morgan fingerprint density at radius 3 is 2.59 bits per heavy atom. The van der Waals surface area contributed by atoms with E-state index < -0.39 is 0 Å². The molecule has 1 heterocycles. The summed E-state index contributed by atoms with van der Waals surface area (Å²) in [5, 5.41) is 3.34. The fourth-order valence-electron chi connectivity index (χ4n) is 1.64. The molecule has 0 saturated carbocycles. The Kier molecular flexibility index (Phi) is 5.56. The van der Waals surface area contributed by atoms with Crippen molar-refractivity contribution < 1.29 is 4.74 Å². The molecule has 0 unspecified atom stereocenters. The van der Waals surface area contributed by atoms with Crippen LogP contribution in [0.4, 0.5) is 5.82 Å². The Bertz CT molecular complexity index is 332. The molecule has 1 aromatic heterocycles. The van der Waals surface area contributed by atoms with Crippen molar-refractivity contribution in [3.63, 3.8) is 0 Å². The van der Waals surface area contributed by atoms with Crippen LogP contribution in [0.15, 0.2) is 18.2 Å². The number of alkyl halides is 1. The summed E-state index contributed by atoms with van der Waals surface area (Å²) in [6, 6.07) is 5.70. The van der Waals surface area contributed by atoms with Gasteiger partial charge in [0, 0.05) is 23.9 Å². The minimum absolute atomic E-state index is 0.145. The zero-order valence-corrected chi connectivity index (χ0v) is 11.5. The van der Waals surface area contributed by atoms with Gasteiger partial charge in [0.15, 0.2) is 0 Å². The van der Waals surface area contributed by atoms with E-state index >= 15 is 0 Å². The third-order valence-electron chi connectivity index (χ3n) is 3.36. The third-order valence-corrected chi connectivity index (χ3v) is 3.93. The van der Waals surface area contributed by atoms with E-state index in [0.717, 1.165) is 25.2 Å². The Hall–Kier alpha value is -0.960. The van der Waals surface area contributed by atoms with Gasteiger partial charge in [0.25, 0.3) is 0 Å². The van der Waals surface area contributed by atoms with Gasteiger partial charge in [0.2, 0.25) is 5.88 Å². The average Bonchev–Trinajstić information content (AvgIpc) is 2.41. The molecule has 0 radical (unpaired) electrons. The minimum Gasteiger partial charge on any atom is -0.481 e. The molecule has 0 atom stereocenters. The van der Waals surface area contributed by atoms with Crippen LogP contribution in [-0.4, -0.2) is 24.5 Å². The normalized spacial score (nSPS) is 11.3. The van der Waals surface area contributed by atoms with E-state index in [2.05, 4.69) is 24.1 Å². The van der Waals surface area contributed by atoms with E-state index in [1.165, 1.54) is 0 Å². The second-order valence-corrected chi connectivity index (χ2v) is 4.53. The van der Waals surface area contributed by atoms with Gasteiger partial charge in [-0.05, 0) is 18.9 Å². The van der Waals surface area contributed by atoms with E-state index in [9.17, 15) is 0 Å². The Labute approximate surface area is 109 Å². The van der Waals surface area contributed by atoms with Gasteiger partial charge in [0.05, 0.1) is 7.11 Å². The Morgan fingerprint density at radius 2 is 2.06 bits per heavy atom. The first-order valence-electron chi connectivity index (χ1n) is 6.00. The standard InChI is InChI=1S/C13H21ClN2O/c1-4-13(5-2,9-14)10-15-11-7-6-8-12(16-11)17-3/h6-8H,4-5,9-10H2,1-3H3,(H,15,16). The number of nitrogens with one attached hydrogen (secondary N) is 1. The number of halogens is 1. The molecule has 0 aliphatic heterocycles. The second kappa shape index (κ2) is 6.70. The van der Waals surface area contributed by atoms with Crippen LogP contribution in [0, 0.1) is 5.41 Å². The summed E-state index contributed by atoms with van der Waals surface area (Å²) < 4.78 is 5.09. The Morgan fingerprint density at radius 1 is 1.35 bits per heavy atom. The molecule has 0 spiro atoms. The summed E-state index contributed by atoms with van der Waals surface area (Å²) in [6.45, 7) is 5.18. The summed E-state index contributed by atoms with van der Waals surface area (Å²) in [7, 11) is 1.62. The van der Waals surface area contributed by atoms with E-state index in [0.29, 0.717) is 11.8 Å². The monoisotopic (exact) mass is 256 g/mol. The largest absolute Gasteiger partial charge is 0.481 e. The van der Waals surface area contributed by atoms with Gasteiger partial charge in [-0.2, -0.15) is 4.98 Å². The highest BCUT2D eigenvalue weighted by Crippen LogP contribution is 2.28. The molecular formula is C13H21ClN2O. The van der Waals surface area contributed by atoms with Crippen molar-refractivity contribution in [1.82, 2.24) is 4.98 Å². The van der Waals surface area contributed by atoms with Gasteiger partial charge in [-0.15, -0.1) is 11.6 Å². The maximum absolute atomic E-state index is 6.06. The summed E-state index contributed by atoms with van der Waals surface area (Å²) in [5.74, 6) is 2.12. The van der Waals surface area contributed by atoms with Crippen LogP contribution in [0.2, 0.25) is 0 Å². The van der Waals surface area contributed by atoms with Gasteiger partial charge in [-0.25, -0.2) is 0 Å². The highest BCUT2D eigenvalue weighted by Gasteiger charge is 2.24. The van der Waals surface area contributed by atoms with Crippen molar-refractivity contribution in [2.75, 3.05) is 24.9 Å². The maximum atomic E-state index is 6.06. The van der Waals surface area contributed by atoms with E-state index in [1.807, 2.05) is 18.2 Å². The van der Waals surface area contributed by atoms with Crippen LogP contribution in [0.1, 0.15) is 26.7 Å². The number of nitrogens with zero attached hydrogens (tertiary/aromatic N) is 1. The number of hydrogen-bond acceptors (Lipinski definition) is 3. The average molecular weight is 257 g/mol. The first kappa shape index (κ1) is 14.1. The van der Waals surface area contributed by atoms with Crippen LogP contribution in [0.3, 0.4) is 0 Å². The molecular weight excluding hydrogens is 236 g/mol. The molecule has 17 heavy (non-hydrogen) atoms. The maximum Gasteiger partial charge on any atom is 0.214 e. The van der Waals surface area contributed by atoms with Gasteiger partial charge in [0.1, 0.15) is 5.82 Å². The summed E-state index contributed by atoms with van der Waals surface area (Å²) in [4.78, 5) is 4.32. The van der Waals surface area contributed by atoms with Gasteiger partial charge >= 0.3 is 0 Å². The topological polar surface area (TPSA) is 34.1 Å². The third kappa shape index (κ3) is 3.77. The lowest BCUT2D eigenvalue weighted by Gasteiger charge is -2.29. The number of hydrogen-bond donors (Lipinski definition) is 1. The molecule has 0 bridgehead atoms. The molecule has 3 nitrogen and oxygen atoms in total. The molecule has 1 N–H and O–H groups in total. The summed E-state index contributed by atoms with van der Waals surface area (Å²) in [6.07, 6.45) is 2.12. The number of pyridine rings is 1. The van der Waals surface area contributed by atoms with Crippen molar-refractivity contribution in [2.24, 2.45) is 5.41 Å². The SMILES string of the molecule is CCC(CC)(CCl)CNc1cccc(OC)n1. The first-order chi connectivity index (χ1) is 8.19. The van der Waals surface area contributed by atoms with E-state index in [-0.39, 0.29) is 5.41 Å². The van der Waals surface area contributed by atoms with Gasteiger partial charge in [-0.1, -0.05) is 19.9 Å². The van der Waals surface area contributed by atoms with Crippen LogP contribution in [0.25, 0.3) is 0 Å². The van der Waals surface area contributed by atoms with Crippen molar-refractivity contribution in [2.45, 2.75) is 26.7 Å². The molecule has 4 heteroatoms. The number of rotatable bonds is 7. The molecule has 1 rings (SSSR count). The van der Waals surface area contributed by atoms with Crippen molar-refractivity contribution in [1.29, 1.82) is 0 Å². The van der Waals surface area contributed by atoms with E-state index in [4.69, 9.17) is 16.3 Å². The molecule has 0 aliphatic rings. The fourth-order valence-corrected chi connectivity index (χ4v) is 2.11. The van der Waals surface area contributed by atoms with Crippen molar-refractivity contribution in [3.8, 4) is 5.88 Å². The fraction of sp³-hybridized carbons (Fsp3) is 0.615. The molecule has 0 aromatic carbocycles. The first-order valence-corrected chi connectivity index (χ1v) is 6.54. The molecule has 0 aliphatic carbocycles. The zero-order chi connectivity index (χ0) is 12.7. The molecule has 0 fully saturated rings. The van der Waals surface area contributed by atoms with Crippen molar-refractivity contribution >= 4 is 17.4 Å². The highest BCUT2D eigenvalue weighted by atomic mass is 35.5. The minimum atomic E-state index is 0.145. The van der Waals surface area contributed by atoms with E-state index in [1.54, 1.807) is 7.11 Å². The van der Waals surface area contributed by atoms with Gasteiger partial charge < -0.3 is 10.1 Å². The van der Waals surface area contributed by atoms with Gasteiger partial charge in [-0.3, -0.25) is 0 Å². The number of methoxy groups -OCH3 is 1. The number of ether oxygens (including phenoxy) is 1. The predicted molar refractivity (Wildman–Crippen MR) is 73.0 cm³/mol. The summed E-state index contributed by atoms with van der Waals surface area (Å²) in [5.41, 5.74) is 0.145. The zero-order valence-electron chi connectivity index (χ0n) is 10.8. The number of aromatic nitrogens is 1. The highest BCUT2D eigenvalue weighted by molar-refractivity contribution is 6.18. The summed E-state index contributed by atoms with van der Waals surface area (Å²) >= 11 is 6.06. The van der Waals surface area contributed by atoms with Crippen LogP contribution in [0.5, 0.6) is 5.88 Å². The lowest BCUT2D eigenvalue weighted by molar-refractivity contribution is 0.326. The second-order valence-electron chi connectivity index (χ2n) is 4.26. The molecule has 0 amide bonds. The Balaban J connectivity index is 2.65. The molecule has 96 valence electrons. The van der Waals surface area contributed by atoms with Crippen LogP contribution < -0.4 is 10.1 Å². The smallest absolute Gasteiger partial charge is 0.214 e. The van der Waals surface area contributed by atoms with Crippen LogP contribution in [-0.2, 0) is 0 Å². The lowest BCUT2D eigenvalue weighted by atomic mass is 9.84. The molecule has 1 aromatic rings. The van der Waals surface area contributed by atoms with Crippen LogP contribution >= 0.6 is 11.6 Å². The number of anilines is 1.